The molecule has 0 aliphatic carbocycles. The summed E-state index contributed by atoms with van der Waals surface area (Å²) in [4.78, 5) is 12.1. The molecule has 0 unspecified atom stereocenters. The maximum atomic E-state index is 10.7. The number of nitro benzene ring substituents is 1. The molecule has 18 heavy (non-hydrogen) atoms. The Labute approximate surface area is 106 Å². The van der Waals surface area contributed by atoms with Crippen molar-refractivity contribution in [1.29, 1.82) is 0 Å². The summed E-state index contributed by atoms with van der Waals surface area (Å²) in [6, 6.07) is 4.66. The Morgan fingerprint density at radius 1 is 1.44 bits per heavy atom. The third-order valence-electron chi connectivity index (χ3n) is 2.72. The van der Waals surface area contributed by atoms with Crippen LogP contribution in [0.3, 0.4) is 0 Å². The molecule has 1 aromatic carbocycles. The summed E-state index contributed by atoms with van der Waals surface area (Å²) in [5.41, 5.74) is 6.53. The first-order chi connectivity index (χ1) is 8.60. The van der Waals surface area contributed by atoms with Gasteiger partial charge in [-0.1, -0.05) is 13.3 Å². The van der Waals surface area contributed by atoms with Crippen molar-refractivity contribution in [2.24, 2.45) is 0 Å². The molecule has 0 spiro atoms. The molecule has 0 aromatic heterocycles. The number of nitro groups is 1. The number of aliphatic hydroxyl groups excluding tert-OH is 1. The molecular formula is C12H19N3O3. The molecule has 3 N–H and O–H groups in total. The highest BCUT2D eigenvalue weighted by Crippen LogP contribution is 2.27. The van der Waals surface area contributed by atoms with Crippen LogP contribution < -0.4 is 10.6 Å². The average molecular weight is 253 g/mol. The van der Waals surface area contributed by atoms with E-state index in [1.54, 1.807) is 12.1 Å². The minimum atomic E-state index is -0.498. The number of benzene rings is 1. The summed E-state index contributed by atoms with van der Waals surface area (Å²) in [6.45, 7) is 3.42. The fourth-order valence-electron chi connectivity index (χ4n) is 1.74. The molecule has 0 heterocycles. The van der Waals surface area contributed by atoms with E-state index in [9.17, 15) is 10.1 Å². The zero-order valence-corrected chi connectivity index (χ0v) is 10.5. The number of nitrogen functional groups attached to an aromatic ring is 1. The lowest BCUT2D eigenvalue weighted by Crippen LogP contribution is -2.27. The molecule has 1 rings (SSSR count). The molecule has 0 bridgehead atoms. The fourth-order valence-corrected chi connectivity index (χ4v) is 1.74. The number of unbranched alkanes of at least 4 members (excludes halogenated alkanes) is 1. The monoisotopic (exact) mass is 253 g/mol. The number of hydrogen-bond donors (Lipinski definition) is 2. The third-order valence-corrected chi connectivity index (χ3v) is 2.72. The molecule has 0 aliphatic rings. The molecular weight excluding hydrogens is 234 g/mol. The Morgan fingerprint density at radius 3 is 2.67 bits per heavy atom. The normalized spacial score (nSPS) is 10.3. The highest BCUT2D eigenvalue weighted by Gasteiger charge is 2.13. The molecule has 0 atom stereocenters. The van der Waals surface area contributed by atoms with E-state index in [0.717, 1.165) is 25.1 Å². The van der Waals surface area contributed by atoms with Crippen molar-refractivity contribution in [3.63, 3.8) is 0 Å². The Balaban J connectivity index is 2.91. The predicted molar refractivity (Wildman–Crippen MR) is 71.7 cm³/mol. The van der Waals surface area contributed by atoms with Gasteiger partial charge in [-0.15, -0.1) is 0 Å². The second kappa shape index (κ2) is 6.80. The molecule has 0 aliphatic heterocycles. The first-order valence-electron chi connectivity index (χ1n) is 5.99. The van der Waals surface area contributed by atoms with E-state index in [0.29, 0.717) is 6.54 Å². The molecule has 0 radical (unpaired) electrons. The van der Waals surface area contributed by atoms with E-state index in [-0.39, 0.29) is 18.0 Å². The molecule has 0 fully saturated rings. The highest BCUT2D eigenvalue weighted by molar-refractivity contribution is 5.66. The van der Waals surface area contributed by atoms with Crippen LogP contribution in [0.2, 0.25) is 0 Å². The van der Waals surface area contributed by atoms with Crippen molar-refractivity contribution in [3.8, 4) is 0 Å². The summed E-state index contributed by atoms with van der Waals surface area (Å²) in [6.07, 6.45) is 2.04. The minimum Gasteiger partial charge on any atom is -0.395 e. The van der Waals surface area contributed by atoms with E-state index in [1.165, 1.54) is 6.07 Å². The van der Waals surface area contributed by atoms with E-state index in [4.69, 9.17) is 10.8 Å². The molecule has 0 saturated heterocycles. The van der Waals surface area contributed by atoms with Crippen LogP contribution in [0, 0.1) is 10.1 Å². The van der Waals surface area contributed by atoms with Gasteiger partial charge in [0.25, 0.3) is 5.69 Å². The summed E-state index contributed by atoms with van der Waals surface area (Å²) in [7, 11) is 0. The van der Waals surface area contributed by atoms with Crippen molar-refractivity contribution < 1.29 is 10.0 Å². The Kier molecular flexibility index (Phi) is 5.38. The van der Waals surface area contributed by atoms with Crippen molar-refractivity contribution in [3.05, 3.63) is 28.3 Å². The smallest absolute Gasteiger partial charge is 0.292 e. The van der Waals surface area contributed by atoms with Crippen LogP contribution in [0.4, 0.5) is 17.1 Å². The lowest BCUT2D eigenvalue weighted by Gasteiger charge is -2.24. The van der Waals surface area contributed by atoms with E-state index in [1.807, 2.05) is 4.90 Å². The molecule has 6 nitrogen and oxygen atoms in total. The SMILES string of the molecule is CCCCN(CCO)c1ccc([N+](=O)[O-])c(N)c1. The number of hydrogen-bond acceptors (Lipinski definition) is 5. The topological polar surface area (TPSA) is 92.6 Å². The van der Waals surface area contributed by atoms with Gasteiger partial charge >= 0.3 is 0 Å². The molecule has 0 saturated carbocycles. The molecule has 100 valence electrons. The van der Waals surface area contributed by atoms with Crippen LogP contribution in [0.15, 0.2) is 18.2 Å². The van der Waals surface area contributed by atoms with E-state index >= 15 is 0 Å². The lowest BCUT2D eigenvalue weighted by atomic mass is 10.2. The highest BCUT2D eigenvalue weighted by atomic mass is 16.6. The zero-order valence-electron chi connectivity index (χ0n) is 10.5. The van der Waals surface area contributed by atoms with Crippen LogP contribution in [-0.4, -0.2) is 29.7 Å². The predicted octanol–water partition coefficient (Wildman–Crippen LogP) is 1.78. The maximum Gasteiger partial charge on any atom is 0.292 e. The largest absolute Gasteiger partial charge is 0.395 e. The van der Waals surface area contributed by atoms with Gasteiger partial charge in [-0.3, -0.25) is 10.1 Å². The van der Waals surface area contributed by atoms with Gasteiger partial charge in [0.05, 0.1) is 11.5 Å². The average Bonchev–Trinajstić information content (AvgIpc) is 2.33. The lowest BCUT2D eigenvalue weighted by molar-refractivity contribution is -0.383. The van der Waals surface area contributed by atoms with Crippen LogP contribution >= 0.6 is 0 Å². The van der Waals surface area contributed by atoms with Crippen LogP contribution in [0.1, 0.15) is 19.8 Å². The standard InChI is InChI=1S/C12H19N3O3/c1-2-3-6-14(7-8-16)10-4-5-12(15(17)18)11(13)9-10/h4-5,9,16H,2-3,6-8,13H2,1H3. The van der Waals surface area contributed by atoms with Gasteiger partial charge in [-0.05, 0) is 18.6 Å². The maximum absolute atomic E-state index is 10.7. The van der Waals surface area contributed by atoms with E-state index < -0.39 is 4.92 Å². The van der Waals surface area contributed by atoms with Crippen molar-refractivity contribution in [1.82, 2.24) is 0 Å². The number of rotatable bonds is 7. The quantitative estimate of drug-likeness (QED) is 0.439. The van der Waals surface area contributed by atoms with Crippen molar-refractivity contribution in [2.75, 3.05) is 30.3 Å². The van der Waals surface area contributed by atoms with Gasteiger partial charge in [-0.2, -0.15) is 0 Å². The number of nitrogens with zero attached hydrogens (tertiary/aromatic N) is 2. The molecule has 6 heteroatoms. The van der Waals surface area contributed by atoms with Crippen LogP contribution in [-0.2, 0) is 0 Å². The Bertz CT molecular complexity index is 410. The first kappa shape index (κ1) is 14.2. The van der Waals surface area contributed by atoms with Gasteiger partial charge < -0.3 is 15.7 Å². The Hall–Kier alpha value is -1.82. The molecule has 0 amide bonds. The van der Waals surface area contributed by atoms with Gasteiger partial charge in [0.2, 0.25) is 0 Å². The third kappa shape index (κ3) is 3.59. The van der Waals surface area contributed by atoms with Gasteiger partial charge in [-0.25, -0.2) is 0 Å². The van der Waals surface area contributed by atoms with Crippen LogP contribution in [0.25, 0.3) is 0 Å². The number of anilines is 2. The number of nitrogens with two attached hydrogens (primary N) is 1. The van der Waals surface area contributed by atoms with Crippen LogP contribution in [0.5, 0.6) is 0 Å². The van der Waals surface area contributed by atoms with Gasteiger partial charge in [0, 0.05) is 24.8 Å². The second-order valence-electron chi connectivity index (χ2n) is 4.06. The summed E-state index contributed by atoms with van der Waals surface area (Å²) < 4.78 is 0. The van der Waals surface area contributed by atoms with Gasteiger partial charge in [0.15, 0.2) is 0 Å². The fraction of sp³-hybridized carbons (Fsp3) is 0.500. The second-order valence-corrected chi connectivity index (χ2v) is 4.06. The summed E-state index contributed by atoms with van der Waals surface area (Å²) in [5.74, 6) is 0. The van der Waals surface area contributed by atoms with Gasteiger partial charge in [0.1, 0.15) is 5.69 Å². The minimum absolute atomic E-state index is 0.0423. The summed E-state index contributed by atoms with van der Waals surface area (Å²) >= 11 is 0. The Morgan fingerprint density at radius 2 is 2.17 bits per heavy atom. The molecule has 1 aromatic rings. The number of aliphatic hydroxyl groups is 1. The zero-order chi connectivity index (χ0) is 13.5. The van der Waals surface area contributed by atoms with Crippen molar-refractivity contribution >= 4 is 17.1 Å². The summed E-state index contributed by atoms with van der Waals surface area (Å²) in [5, 5.41) is 19.7. The first-order valence-corrected chi connectivity index (χ1v) is 5.99. The van der Waals surface area contributed by atoms with Crippen molar-refractivity contribution in [2.45, 2.75) is 19.8 Å². The van der Waals surface area contributed by atoms with E-state index in [2.05, 4.69) is 6.92 Å².